The molecule has 1 aromatic carbocycles. The lowest BCUT2D eigenvalue weighted by atomic mass is 9.81. The maximum atomic E-state index is 12.4. The Labute approximate surface area is 187 Å². The number of aromatic hydroxyl groups is 1. The first-order valence-corrected chi connectivity index (χ1v) is 10.4. The minimum absolute atomic E-state index is 0.114. The Morgan fingerprint density at radius 1 is 1.38 bits per heavy atom. The lowest BCUT2D eigenvalue weighted by Gasteiger charge is -2.42. The molecule has 2 aliphatic rings. The monoisotopic (exact) mass is 445 g/mol. The van der Waals surface area contributed by atoms with E-state index in [4.69, 9.17) is 10.5 Å². The summed E-state index contributed by atoms with van der Waals surface area (Å²) >= 11 is 0. The van der Waals surface area contributed by atoms with Gasteiger partial charge in [-0.05, 0) is 23.9 Å². The molecule has 2 amide bonds. The summed E-state index contributed by atoms with van der Waals surface area (Å²) in [6, 6.07) is 3.29. The first kappa shape index (κ1) is 23.9. The molecule has 2 heterocycles. The number of aromatic carboxylic acids is 1. The number of nitrogens with one attached hydrogen (secondary N) is 1. The number of carbonyl (C=O) groups is 3. The number of likely N-dealkylation sites (N-methyl/N-ethyl adjacent to an activating group) is 1. The van der Waals surface area contributed by atoms with E-state index in [0.29, 0.717) is 18.7 Å². The summed E-state index contributed by atoms with van der Waals surface area (Å²) in [5, 5.41) is 22.4. The van der Waals surface area contributed by atoms with E-state index in [1.165, 1.54) is 4.90 Å². The Bertz CT molecular complexity index is 925. The van der Waals surface area contributed by atoms with Crippen molar-refractivity contribution < 1.29 is 29.3 Å². The molecule has 1 aromatic rings. The van der Waals surface area contributed by atoms with E-state index in [1.807, 2.05) is 19.1 Å². The summed E-state index contributed by atoms with van der Waals surface area (Å²) in [6.45, 7) is 4.55. The van der Waals surface area contributed by atoms with Crippen LogP contribution in [0.2, 0.25) is 6.32 Å². The van der Waals surface area contributed by atoms with Gasteiger partial charge in [-0.2, -0.15) is 0 Å². The van der Waals surface area contributed by atoms with E-state index < -0.39 is 17.4 Å². The molecule has 1 radical (unpaired) electrons. The first-order chi connectivity index (χ1) is 14.8. The van der Waals surface area contributed by atoms with Crippen molar-refractivity contribution in [3.63, 3.8) is 0 Å². The molecule has 2 saturated heterocycles. The standard InChI is InChI=1S/C21H30BN4O6/c1-20(10-22-20)13-5-6-14(16(17(13)28)18(29)30)32-12-8-26(9-12)11-21(2,23)19(31)24-7-15(27)25(3)4/h5-6,12,28H,7-11,23H2,1-4H3,(H,24,31)(H,29,30)/t20-,21-/m1/s1. The van der Waals surface area contributed by atoms with Crippen LogP contribution in [0.15, 0.2) is 12.1 Å². The molecule has 5 N–H and O–H groups in total. The van der Waals surface area contributed by atoms with Crippen LogP contribution in [-0.2, 0) is 14.9 Å². The molecule has 0 aliphatic carbocycles. The quantitative estimate of drug-likeness (QED) is 0.370. The second-order valence-corrected chi connectivity index (χ2v) is 9.29. The highest BCUT2D eigenvalue weighted by Crippen LogP contribution is 2.47. The van der Waals surface area contributed by atoms with Crippen molar-refractivity contribution in [1.29, 1.82) is 0 Å². The smallest absolute Gasteiger partial charge is 0.343 e. The number of nitrogens with two attached hydrogens (primary N) is 1. The van der Waals surface area contributed by atoms with Crippen molar-refractivity contribution in [3.8, 4) is 11.5 Å². The Balaban J connectivity index is 1.56. The molecule has 0 unspecified atom stereocenters. The Hall–Kier alpha value is -2.79. The number of hydrogen-bond donors (Lipinski definition) is 4. The van der Waals surface area contributed by atoms with Gasteiger partial charge >= 0.3 is 5.97 Å². The van der Waals surface area contributed by atoms with Crippen molar-refractivity contribution in [2.24, 2.45) is 5.73 Å². The highest BCUT2D eigenvalue weighted by molar-refractivity contribution is 6.54. The fourth-order valence-corrected chi connectivity index (χ4v) is 3.67. The summed E-state index contributed by atoms with van der Waals surface area (Å²) in [4.78, 5) is 39.0. The fraction of sp³-hybridized carbons (Fsp3) is 0.571. The van der Waals surface area contributed by atoms with Gasteiger partial charge < -0.3 is 30.9 Å². The van der Waals surface area contributed by atoms with E-state index in [0.717, 1.165) is 6.32 Å². The van der Waals surface area contributed by atoms with Crippen LogP contribution in [0.25, 0.3) is 0 Å². The second-order valence-electron chi connectivity index (χ2n) is 9.29. The molecule has 2 fully saturated rings. The maximum absolute atomic E-state index is 12.4. The Morgan fingerprint density at radius 2 is 2.00 bits per heavy atom. The lowest BCUT2D eigenvalue weighted by Crippen LogP contribution is -2.64. The van der Waals surface area contributed by atoms with E-state index in [9.17, 15) is 24.6 Å². The van der Waals surface area contributed by atoms with Crippen LogP contribution in [0.1, 0.15) is 29.8 Å². The molecular formula is C21H30BN4O6. The van der Waals surface area contributed by atoms with Gasteiger partial charge in [0.25, 0.3) is 0 Å². The molecule has 2 aliphatic heterocycles. The number of carboxylic acid groups (broad SMARTS) is 1. The molecule has 0 spiro atoms. The average Bonchev–Trinajstić information content (AvgIpc) is 3.41. The van der Waals surface area contributed by atoms with E-state index >= 15 is 0 Å². The van der Waals surface area contributed by atoms with Crippen LogP contribution in [0.4, 0.5) is 0 Å². The highest BCUT2D eigenvalue weighted by Gasteiger charge is 2.44. The summed E-state index contributed by atoms with van der Waals surface area (Å²) < 4.78 is 5.84. The van der Waals surface area contributed by atoms with Crippen molar-refractivity contribution in [2.75, 3.05) is 40.3 Å². The number of benzene rings is 1. The molecule has 32 heavy (non-hydrogen) atoms. The van der Waals surface area contributed by atoms with Gasteiger partial charge in [-0.3, -0.25) is 14.5 Å². The van der Waals surface area contributed by atoms with Gasteiger partial charge in [-0.25, -0.2) is 4.79 Å². The van der Waals surface area contributed by atoms with E-state index in [1.54, 1.807) is 33.2 Å². The van der Waals surface area contributed by atoms with Crippen LogP contribution in [0.5, 0.6) is 11.5 Å². The third-order valence-electron chi connectivity index (χ3n) is 5.97. The zero-order chi connectivity index (χ0) is 23.8. The van der Waals surface area contributed by atoms with Crippen molar-refractivity contribution in [3.05, 3.63) is 23.3 Å². The molecule has 11 heteroatoms. The molecule has 3 rings (SSSR count). The van der Waals surface area contributed by atoms with Gasteiger partial charge in [-0.15, -0.1) is 0 Å². The van der Waals surface area contributed by atoms with Crippen molar-refractivity contribution >= 4 is 25.1 Å². The zero-order valence-electron chi connectivity index (χ0n) is 18.8. The van der Waals surface area contributed by atoms with Gasteiger partial charge in [0.15, 0.2) is 0 Å². The number of carboxylic acids is 1. The van der Waals surface area contributed by atoms with Gasteiger partial charge in [0.1, 0.15) is 36.0 Å². The van der Waals surface area contributed by atoms with Gasteiger partial charge in [0.05, 0.1) is 6.54 Å². The molecule has 0 bridgehead atoms. The summed E-state index contributed by atoms with van der Waals surface area (Å²) in [5.74, 6) is -2.07. The number of rotatable bonds is 9. The average molecular weight is 445 g/mol. The van der Waals surface area contributed by atoms with Crippen LogP contribution < -0.4 is 15.8 Å². The lowest BCUT2D eigenvalue weighted by molar-refractivity contribution is -0.133. The van der Waals surface area contributed by atoms with Crippen molar-refractivity contribution in [1.82, 2.24) is 15.1 Å². The number of likely N-dealkylation sites (tertiary alicyclic amines) is 1. The van der Waals surface area contributed by atoms with Gasteiger partial charge in [0, 0.05) is 33.7 Å². The zero-order valence-corrected chi connectivity index (χ0v) is 18.8. The summed E-state index contributed by atoms with van der Waals surface area (Å²) in [6.07, 6.45) is 0.488. The van der Waals surface area contributed by atoms with Crippen LogP contribution in [0, 0.1) is 0 Å². The number of amides is 2. The normalized spacial score (nSPS) is 22.2. The topological polar surface area (TPSA) is 145 Å². The molecule has 0 saturated carbocycles. The van der Waals surface area contributed by atoms with Crippen LogP contribution >= 0.6 is 0 Å². The predicted molar refractivity (Wildman–Crippen MR) is 118 cm³/mol. The largest absolute Gasteiger partial charge is 0.507 e. The van der Waals surface area contributed by atoms with Gasteiger partial charge in [0.2, 0.25) is 11.8 Å². The van der Waals surface area contributed by atoms with E-state index in [-0.39, 0.29) is 47.5 Å². The number of phenols is 1. The molecule has 173 valence electrons. The summed E-state index contributed by atoms with van der Waals surface area (Å²) in [5.41, 5.74) is 5.28. The molecule has 2 atom stereocenters. The number of ether oxygens (including phenoxy) is 1. The Kier molecular flexibility index (Phi) is 6.44. The first-order valence-electron chi connectivity index (χ1n) is 10.4. The second kappa shape index (κ2) is 8.63. The third kappa shape index (κ3) is 4.99. The number of nitrogens with zero attached hydrogens (tertiary/aromatic N) is 2. The number of hydrogen-bond acceptors (Lipinski definition) is 7. The minimum Gasteiger partial charge on any atom is -0.507 e. The van der Waals surface area contributed by atoms with Crippen molar-refractivity contribution in [2.45, 2.75) is 37.1 Å². The fourth-order valence-electron chi connectivity index (χ4n) is 3.67. The third-order valence-corrected chi connectivity index (χ3v) is 5.97. The minimum atomic E-state index is -1.25. The molecular weight excluding hydrogens is 415 g/mol. The highest BCUT2D eigenvalue weighted by atomic mass is 16.5. The maximum Gasteiger partial charge on any atom is 0.343 e. The molecule has 10 nitrogen and oxygen atoms in total. The van der Waals surface area contributed by atoms with Crippen LogP contribution in [-0.4, -0.2) is 97.0 Å². The van der Waals surface area contributed by atoms with Crippen LogP contribution in [0.3, 0.4) is 0 Å². The predicted octanol–water partition coefficient (Wildman–Crippen LogP) is -0.573. The van der Waals surface area contributed by atoms with Gasteiger partial charge in [-0.1, -0.05) is 19.3 Å². The summed E-state index contributed by atoms with van der Waals surface area (Å²) in [7, 11) is 5.21. The molecule has 0 aromatic heterocycles. The van der Waals surface area contributed by atoms with E-state index in [2.05, 4.69) is 5.32 Å². The SMILES string of the molecule is CN(C)C(=O)CNC(=O)[C@](C)(N)CN1CC(Oc2ccc([C@]3(C)[B]C3)c(O)c2C(=O)O)C1. The number of carbonyl (C=O) groups excluding carboxylic acids is 2. The Morgan fingerprint density at radius 3 is 2.53 bits per heavy atom.